The van der Waals surface area contributed by atoms with Gasteiger partial charge in [0, 0.05) is 44.1 Å². The standard InChI is InChI=1S/C25H32N6O5S/c1-17-10-15-31(20(16-17)24(33)34)23(32)19(8-5-12-27-25-28-13-14-29-25)30(2)37(35,36)21-9-3-6-18-7-4-11-26-22(18)21/h3-4,6-7,9,11,13-14,17,19-20H,5,8,10,12,15-16H2,1-2H3,(H,33,34)(H2,27,28,29)/t17?,19-,20?/m0/s1. The number of likely N-dealkylation sites (tertiary alicyclic amines) is 1. The summed E-state index contributed by atoms with van der Waals surface area (Å²) in [5.41, 5.74) is 0.317. The molecule has 0 spiro atoms. The van der Waals surface area contributed by atoms with Gasteiger partial charge >= 0.3 is 5.97 Å². The van der Waals surface area contributed by atoms with E-state index < -0.39 is 34.0 Å². The lowest BCUT2D eigenvalue weighted by molar-refractivity contribution is -0.154. The van der Waals surface area contributed by atoms with Crippen LogP contribution in [0.25, 0.3) is 10.9 Å². The second kappa shape index (κ2) is 11.3. The molecule has 12 heteroatoms. The maximum atomic E-state index is 13.8. The van der Waals surface area contributed by atoms with Gasteiger partial charge in [-0.1, -0.05) is 25.1 Å². The van der Waals surface area contributed by atoms with Crippen LogP contribution in [-0.4, -0.2) is 81.8 Å². The van der Waals surface area contributed by atoms with Gasteiger partial charge < -0.3 is 20.3 Å². The number of carboxylic acid groups (broad SMARTS) is 1. The highest BCUT2D eigenvalue weighted by atomic mass is 32.2. The summed E-state index contributed by atoms with van der Waals surface area (Å²) in [5, 5.41) is 13.6. The number of H-pyrrole nitrogens is 1. The van der Waals surface area contributed by atoms with Crippen LogP contribution in [0.1, 0.15) is 32.6 Å². The highest BCUT2D eigenvalue weighted by Gasteiger charge is 2.41. The number of rotatable bonds is 10. The van der Waals surface area contributed by atoms with Crippen LogP contribution in [0.4, 0.5) is 5.95 Å². The minimum absolute atomic E-state index is 0.00154. The Morgan fingerprint density at radius 2 is 2.03 bits per heavy atom. The minimum atomic E-state index is -4.14. The lowest BCUT2D eigenvalue weighted by Crippen LogP contribution is -2.56. The van der Waals surface area contributed by atoms with Crippen molar-refractivity contribution in [2.24, 2.45) is 5.92 Å². The molecule has 1 aliphatic heterocycles. The fourth-order valence-corrected chi connectivity index (χ4v) is 6.27. The number of carbonyl (C=O) groups is 2. The number of aliphatic carboxylic acids is 1. The van der Waals surface area contributed by atoms with E-state index in [0.717, 1.165) is 4.31 Å². The molecule has 2 aromatic heterocycles. The number of aromatic nitrogens is 3. The van der Waals surface area contributed by atoms with Gasteiger partial charge in [-0.25, -0.2) is 18.2 Å². The molecule has 0 saturated carbocycles. The third-order valence-corrected chi connectivity index (χ3v) is 8.75. The lowest BCUT2D eigenvalue weighted by Gasteiger charge is -2.39. The summed E-state index contributed by atoms with van der Waals surface area (Å²) < 4.78 is 28.7. The highest BCUT2D eigenvalue weighted by Crippen LogP contribution is 2.29. The predicted molar refractivity (Wildman–Crippen MR) is 138 cm³/mol. The molecule has 0 bridgehead atoms. The van der Waals surface area contributed by atoms with E-state index in [-0.39, 0.29) is 23.8 Å². The zero-order valence-electron chi connectivity index (χ0n) is 20.9. The summed E-state index contributed by atoms with van der Waals surface area (Å²) in [6.07, 6.45) is 6.44. The summed E-state index contributed by atoms with van der Waals surface area (Å²) in [7, 11) is -2.76. The zero-order chi connectivity index (χ0) is 26.6. The molecule has 4 rings (SSSR count). The molecular weight excluding hydrogens is 496 g/mol. The van der Waals surface area contributed by atoms with Crippen molar-refractivity contribution in [2.45, 2.75) is 49.6 Å². The molecule has 198 valence electrons. The number of para-hydroxylation sites is 1. The van der Waals surface area contributed by atoms with E-state index >= 15 is 0 Å². The van der Waals surface area contributed by atoms with Crippen LogP contribution in [0.5, 0.6) is 0 Å². The number of pyridine rings is 1. The molecule has 1 aliphatic rings. The van der Waals surface area contributed by atoms with Crippen LogP contribution in [-0.2, 0) is 19.6 Å². The molecule has 0 radical (unpaired) electrons. The van der Waals surface area contributed by atoms with Crippen LogP contribution in [0, 0.1) is 5.92 Å². The Morgan fingerprint density at radius 1 is 1.24 bits per heavy atom. The number of fused-ring (bicyclic) bond motifs is 1. The van der Waals surface area contributed by atoms with Gasteiger partial charge in [-0.2, -0.15) is 4.31 Å². The molecule has 37 heavy (non-hydrogen) atoms. The molecule has 11 nitrogen and oxygen atoms in total. The Labute approximate surface area is 216 Å². The van der Waals surface area contributed by atoms with Gasteiger partial charge in [0.1, 0.15) is 17.0 Å². The first kappa shape index (κ1) is 26.6. The summed E-state index contributed by atoms with van der Waals surface area (Å²) in [5.74, 6) is -0.857. The predicted octanol–water partition coefficient (Wildman–Crippen LogP) is 2.55. The molecule has 2 unspecified atom stereocenters. The molecule has 3 aromatic rings. The molecular formula is C25H32N6O5S. The maximum absolute atomic E-state index is 13.8. The number of nitrogens with zero attached hydrogens (tertiary/aromatic N) is 4. The zero-order valence-corrected chi connectivity index (χ0v) is 21.7. The van der Waals surface area contributed by atoms with Crippen molar-refractivity contribution in [3.05, 3.63) is 48.9 Å². The van der Waals surface area contributed by atoms with Crippen LogP contribution in [0.2, 0.25) is 0 Å². The monoisotopic (exact) mass is 528 g/mol. The van der Waals surface area contributed by atoms with Crippen LogP contribution < -0.4 is 5.32 Å². The van der Waals surface area contributed by atoms with E-state index in [2.05, 4.69) is 20.3 Å². The molecule has 3 heterocycles. The van der Waals surface area contributed by atoms with Crippen LogP contribution >= 0.6 is 0 Å². The third kappa shape index (κ3) is 5.75. The maximum Gasteiger partial charge on any atom is 0.326 e. The Hall–Kier alpha value is -3.51. The number of aromatic amines is 1. The van der Waals surface area contributed by atoms with Crippen LogP contribution in [0.15, 0.2) is 53.8 Å². The number of likely N-dealkylation sites (N-methyl/N-ethyl adjacent to an activating group) is 1. The van der Waals surface area contributed by atoms with Crippen molar-refractivity contribution < 1.29 is 23.1 Å². The van der Waals surface area contributed by atoms with Gasteiger partial charge in [0.05, 0.1) is 5.52 Å². The number of anilines is 1. The number of imidazole rings is 1. The molecule has 1 fully saturated rings. The van der Waals surface area contributed by atoms with Crippen molar-refractivity contribution in [2.75, 3.05) is 25.5 Å². The lowest BCUT2D eigenvalue weighted by atomic mass is 9.91. The number of carbonyl (C=O) groups excluding carboxylic acids is 1. The van der Waals surface area contributed by atoms with Crippen LogP contribution in [0.3, 0.4) is 0 Å². The van der Waals surface area contributed by atoms with Crippen molar-refractivity contribution >= 4 is 38.8 Å². The third-order valence-electron chi connectivity index (χ3n) is 6.85. The second-order valence-electron chi connectivity index (χ2n) is 9.39. The first-order chi connectivity index (χ1) is 17.7. The molecule has 1 aromatic carbocycles. The topological polar surface area (TPSA) is 149 Å². The second-order valence-corrected chi connectivity index (χ2v) is 11.4. The number of hydrogen-bond acceptors (Lipinski definition) is 7. The van der Waals surface area contributed by atoms with E-state index in [1.807, 2.05) is 6.92 Å². The smallest absolute Gasteiger partial charge is 0.326 e. The van der Waals surface area contributed by atoms with E-state index in [9.17, 15) is 23.1 Å². The van der Waals surface area contributed by atoms with Gasteiger partial charge in [-0.15, -0.1) is 0 Å². The number of sulfonamides is 1. The number of nitrogens with one attached hydrogen (secondary N) is 2. The van der Waals surface area contributed by atoms with E-state index in [0.29, 0.717) is 42.7 Å². The molecule has 3 N–H and O–H groups in total. The first-order valence-electron chi connectivity index (χ1n) is 12.3. The van der Waals surface area contributed by atoms with Crippen molar-refractivity contribution in [1.82, 2.24) is 24.2 Å². The molecule has 3 atom stereocenters. The minimum Gasteiger partial charge on any atom is -0.480 e. The average Bonchev–Trinajstić information content (AvgIpc) is 3.41. The Bertz CT molecular complexity index is 1340. The molecule has 0 aliphatic carbocycles. The number of benzene rings is 1. The van der Waals surface area contributed by atoms with Gasteiger partial charge in [0.2, 0.25) is 15.9 Å². The largest absolute Gasteiger partial charge is 0.480 e. The van der Waals surface area contributed by atoms with Crippen molar-refractivity contribution in [1.29, 1.82) is 0 Å². The van der Waals surface area contributed by atoms with Crippen molar-refractivity contribution in [3.8, 4) is 0 Å². The normalized spacial score (nSPS) is 19.2. The van der Waals surface area contributed by atoms with E-state index in [1.54, 1.807) is 36.7 Å². The Kier molecular flexibility index (Phi) is 8.08. The number of piperidine rings is 1. The summed E-state index contributed by atoms with van der Waals surface area (Å²) in [4.78, 5) is 38.5. The van der Waals surface area contributed by atoms with Gasteiger partial charge in [-0.3, -0.25) is 9.78 Å². The quantitative estimate of drug-likeness (QED) is 0.340. The highest BCUT2D eigenvalue weighted by molar-refractivity contribution is 7.89. The first-order valence-corrected chi connectivity index (χ1v) is 13.7. The number of hydrogen-bond donors (Lipinski definition) is 3. The Balaban J connectivity index is 1.63. The van der Waals surface area contributed by atoms with Gasteiger partial charge in [0.25, 0.3) is 0 Å². The van der Waals surface area contributed by atoms with Gasteiger partial charge in [-0.05, 0) is 43.7 Å². The molecule has 1 amide bonds. The fourth-order valence-electron chi connectivity index (χ4n) is 4.76. The summed E-state index contributed by atoms with van der Waals surface area (Å²) in [6, 6.07) is 6.32. The summed E-state index contributed by atoms with van der Waals surface area (Å²) in [6.45, 7) is 2.67. The SMILES string of the molecule is CC1CCN(C(=O)[C@H](CCCNc2ncc[nH]2)N(C)S(=O)(=O)c2cccc3cccnc23)C(C(=O)O)C1. The number of amides is 1. The fraction of sp³-hybridized carbons (Fsp3) is 0.440. The average molecular weight is 529 g/mol. The molecule has 1 saturated heterocycles. The Morgan fingerprint density at radius 3 is 2.76 bits per heavy atom. The van der Waals surface area contributed by atoms with Crippen molar-refractivity contribution in [3.63, 3.8) is 0 Å². The summed E-state index contributed by atoms with van der Waals surface area (Å²) >= 11 is 0. The van der Waals surface area contributed by atoms with E-state index in [4.69, 9.17) is 0 Å². The van der Waals surface area contributed by atoms with E-state index in [1.165, 1.54) is 24.2 Å². The number of carboxylic acids is 1. The van der Waals surface area contributed by atoms with Gasteiger partial charge in [0.15, 0.2) is 5.95 Å².